The number of carbonyl (C=O) groups excluding carboxylic acids is 1. The first-order chi connectivity index (χ1) is 12.0. The maximum Gasteiger partial charge on any atom is 0.219 e. The fraction of sp³-hybridized carbons (Fsp3) is 0.286. The minimum atomic E-state index is -0.105. The van der Waals surface area contributed by atoms with E-state index in [1.54, 1.807) is 6.92 Å². The van der Waals surface area contributed by atoms with Crippen LogP contribution in [0.15, 0.2) is 54.7 Å². The molecule has 0 saturated heterocycles. The minimum absolute atomic E-state index is 0.0534. The van der Waals surface area contributed by atoms with Crippen molar-refractivity contribution >= 4 is 16.8 Å². The number of aromatic nitrogens is 1. The van der Waals surface area contributed by atoms with Crippen LogP contribution in [0, 0.1) is 6.92 Å². The SMILES string of the molecule is CC(=O)N(Cc1ccccc1C)CC(N)Cc1c[nH]c2ccccc12. The molecule has 1 aromatic heterocycles. The topological polar surface area (TPSA) is 62.1 Å². The van der Waals surface area contributed by atoms with Gasteiger partial charge in [0.15, 0.2) is 0 Å². The van der Waals surface area contributed by atoms with Gasteiger partial charge in [0.2, 0.25) is 5.91 Å². The molecule has 0 aliphatic rings. The van der Waals surface area contributed by atoms with E-state index in [9.17, 15) is 4.79 Å². The molecule has 3 rings (SSSR count). The van der Waals surface area contributed by atoms with Gasteiger partial charge in [-0.15, -0.1) is 0 Å². The summed E-state index contributed by atoms with van der Waals surface area (Å²) in [6.45, 7) is 4.82. The number of nitrogens with one attached hydrogen (secondary N) is 1. The number of aromatic amines is 1. The molecule has 3 aromatic rings. The molecule has 4 heteroatoms. The van der Waals surface area contributed by atoms with Crippen molar-refractivity contribution in [1.82, 2.24) is 9.88 Å². The van der Waals surface area contributed by atoms with Crippen molar-refractivity contribution in [3.8, 4) is 0 Å². The third-order valence-corrected chi connectivity index (χ3v) is 4.68. The number of hydrogen-bond donors (Lipinski definition) is 2. The number of hydrogen-bond acceptors (Lipinski definition) is 2. The van der Waals surface area contributed by atoms with Crippen LogP contribution < -0.4 is 5.73 Å². The van der Waals surface area contributed by atoms with E-state index in [1.807, 2.05) is 35.4 Å². The van der Waals surface area contributed by atoms with E-state index in [4.69, 9.17) is 5.73 Å². The number of fused-ring (bicyclic) bond motifs is 1. The summed E-state index contributed by atoms with van der Waals surface area (Å²) >= 11 is 0. The van der Waals surface area contributed by atoms with Crippen LogP contribution in [0.3, 0.4) is 0 Å². The molecule has 3 N–H and O–H groups in total. The quantitative estimate of drug-likeness (QED) is 0.725. The average molecular weight is 335 g/mol. The van der Waals surface area contributed by atoms with Crippen molar-refractivity contribution in [1.29, 1.82) is 0 Å². The molecule has 2 aromatic carbocycles. The summed E-state index contributed by atoms with van der Waals surface area (Å²) in [5, 5.41) is 1.20. The summed E-state index contributed by atoms with van der Waals surface area (Å²) in [5.41, 5.74) is 11.1. The van der Waals surface area contributed by atoms with Gasteiger partial charge in [0, 0.05) is 43.2 Å². The third-order valence-electron chi connectivity index (χ3n) is 4.68. The normalized spacial score (nSPS) is 12.3. The summed E-state index contributed by atoms with van der Waals surface area (Å²) in [6, 6.07) is 16.3. The van der Waals surface area contributed by atoms with Gasteiger partial charge < -0.3 is 15.6 Å². The first-order valence-corrected chi connectivity index (χ1v) is 8.65. The standard InChI is InChI=1S/C21H25N3O/c1-15-7-3-4-8-17(15)13-24(16(2)25)14-19(22)11-18-12-23-21-10-6-5-9-20(18)21/h3-10,12,19,23H,11,13-14,22H2,1-2H3. The number of nitrogens with two attached hydrogens (primary N) is 1. The van der Waals surface area contributed by atoms with Gasteiger partial charge in [-0.05, 0) is 36.1 Å². The molecular weight excluding hydrogens is 310 g/mol. The molecule has 1 amide bonds. The van der Waals surface area contributed by atoms with E-state index in [2.05, 4.69) is 36.2 Å². The Labute approximate surface area is 148 Å². The Bertz CT molecular complexity index is 868. The van der Waals surface area contributed by atoms with Gasteiger partial charge in [0.25, 0.3) is 0 Å². The maximum atomic E-state index is 12.1. The second kappa shape index (κ2) is 7.53. The van der Waals surface area contributed by atoms with Crippen LogP contribution in [0.5, 0.6) is 0 Å². The Morgan fingerprint density at radius 3 is 2.60 bits per heavy atom. The molecule has 0 aliphatic heterocycles. The van der Waals surface area contributed by atoms with Gasteiger partial charge >= 0.3 is 0 Å². The first-order valence-electron chi connectivity index (χ1n) is 8.65. The van der Waals surface area contributed by atoms with Crippen LogP contribution in [0.2, 0.25) is 0 Å². The summed E-state index contributed by atoms with van der Waals surface area (Å²) < 4.78 is 0. The number of rotatable bonds is 6. The van der Waals surface area contributed by atoms with E-state index >= 15 is 0 Å². The Morgan fingerprint density at radius 1 is 1.12 bits per heavy atom. The first kappa shape index (κ1) is 17.2. The molecule has 0 radical (unpaired) electrons. The van der Waals surface area contributed by atoms with Gasteiger partial charge in [-0.1, -0.05) is 42.5 Å². The number of benzene rings is 2. The van der Waals surface area contributed by atoms with Crippen molar-refractivity contribution in [3.63, 3.8) is 0 Å². The highest BCUT2D eigenvalue weighted by molar-refractivity contribution is 5.83. The van der Waals surface area contributed by atoms with Crippen LogP contribution in [-0.4, -0.2) is 28.4 Å². The summed E-state index contributed by atoms with van der Waals surface area (Å²) in [6.07, 6.45) is 2.76. The second-order valence-electron chi connectivity index (χ2n) is 6.65. The molecule has 4 nitrogen and oxygen atoms in total. The zero-order valence-electron chi connectivity index (χ0n) is 14.8. The summed E-state index contributed by atoms with van der Waals surface area (Å²) in [7, 11) is 0. The number of para-hydroxylation sites is 1. The van der Waals surface area contributed by atoms with Gasteiger partial charge in [0.05, 0.1) is 0 Å². The average Bonchev–Trinajstić information content (AvgIpc) is 2.99. The van der Waals surface area contributed by atoms with Crippen LogP contribution in [0.25, 0.3) is 10.9 Å². The van der Waals surface area contributed by atoms with Crippen molar-refractivity contribution in [3.05, 3.63) is 71.4 Å². The molecule has 0 bridgehead atoms. The van der Waals surface area contributed by atoms with Crippen molar-refractivity contribution < 1.29 is 4.79 Å². The lowest BCUT2D eigenvalue weighted by molar-refractivity contribution is -0.129. The molecule has 1 unspecified atom stereocenters. The van der Waals surface area contributed by atoms with E-state index in [-0.39, 0.29) is 11.9 Å². The highest BCUT2D eigenvalue weighted by Gasteiger charge is 2.16. The number of amides is 1. The van der Waals surface area contributed by atoms with E-state index in [0.717, 1.165) is 17.5 Å². The molecule has 130 valence electrons. The van der Waals surface area contributed by atoms with Crippen molar-refractivity contribution in [2.24, 2.45) is 5.73 Å². The molecule has 0 aliphatic carbocycles. The zero-order valence-corrected chi connectivity index (χ0v) is 14.8. The Morgan fingerprint density at radius 2 is 1.84 bits per heavy atom. The second-order valence-corrected chi connectivity index (χ2v) is 6.65. The van der Waals surface area contributed by atoms with Gasteiger partial charge in [-0.25, -0.2) is 0 Å². The van der Waals surface area contributed by atoms with Crippen LogP contribution in [0.1, 0.15) is 23.6 Å². The van der Waals surface area contributed by atoms with E-state index < -0.39 is 0 Å². The van der Waals surface area contributed by atoms with E-state index in [1.165, 1.54) is 16.5 Å². The third kappa shape index (κ3) is 4.09. The Kier molecular flexibility index (Phi) is 5.19. The number of aryl methyl sites for hydroxylation is 1. The van der Waals surface area contributed by atoms with Gasteiger partial charge in [-0.3, -0.25) is 4.79 Å². The lowest BCUT2D eigenvalue weighted by Gasteiger charge is -2.25. The van der Waals surface area contributed by atoms with Crippen LogP contribution in [-0.2, 0) is 17.8 Å². The molecule has 0 fully saturated rings. The Balaban J connectivity index is 1.69. The number of nitrogens with zero attached hydrogens (tertiary/aromatic N) is 1. The molecule has 0 saturated carbocycles. The zero-order chi connectivity index (χ0) is 17.8. The number of carbonyl (C=O) groups is 1. The molecule has 0 spiro atoms. The largest absolute Gasteiger partial charge is 0.361 e. The van der Waals surface area contributed by atoms with Crippen LogP contribution >= 0.6 is 0 Å². The van der Waals surface area contributed by atoms with E-state index in [0.29, 0.717) is 13.1 Å². The van der Waals surface area contributed by atoms with Crippen molar-refractivity contribution in [2.75, 3.05) is 6.54 Å². The maximum absolute atomic E-state index is 12.1. The fourth-order valence-electron chi connectivity index (χ4n) is 3.23. The summed E-state index contributed by atoms with van der Waals surface area (Å²) in [5.74, 6) is 0.0534. The molecule has 1 atom stereocenters. The fourth-order valence-corrected chi connectivity index (χ4v) is 3.23. The highest BCUT2D eigenvalue weighted by atomic mass is 16.2. The minimum Gasteiger partial charge on any atom is -0.361 e. The number of H-pyrrole nitrogens is 1. The summed E-state index contributed by atoms with van der Waals surface area (Å²) in [4.78, 5) is 17.2. The monoisotopic (exact) mass is 335 g/mol. The van der Waals surface area contributed by atoms with Crippen molar-refractivity contribution in [2.45, 2.75) is 32.9 Å². The molecule has 1 heterocycles. The smallest absolute Gasteiger partial charge is 0.219 e. The van der Waals surface area contributed by atoms with Crippen LogP contribution in [0.4, 0.5) is 0 Å². The lowest BCUT2D eigenvalue weighted by Crippen LogP contribution is -2.41. The predicted molar refractivity (Wildman–Crippen MR) is 102 cm³/mol. The lowest BCUT2D eigenvalue weighted by atomic mass is 10.0. The van der Waals surface area contributed by atoms with Gasteiger partial charge in [-0.2, -0.15) is 0 Å². The Hall–Kier alpha value is -2.59. The predicted octanol–water partition coefficient (Wildman–Crippen LogP) is 3.39. The molecule has 25 heavy (non-hydrogen) atoms. The molecular formula is C21H25N3O. The van der Waals surface area contributed by atoms with Gasteiger partial charge in [0.1, 0.15) is 0 Å². The highest BCUT2D eigenvalue weighted by Crippen LogP contribution is 2.19.